The third-order valence-corrected chi connectivity index (χ3v) is 30.4. The van der Waals surface area contributed by atoms with Crippen LogP contribution in [0.3, 0.4) is 0 Å². The SMILES string of the molecule is [2H]C([2H])(C)C1CC2CC(C2)C1.[2H]C([2H])(C)C1CC2CCC1C2.[2H]C([2H])(C)C1CCC(C)(C(F)(F)F)CC1.[2H]C([2H])(C)C1CCC(C)(C)CC1.[2H]C([2H])(C)C1CCC(C)CC1.[2H]C([2H])(C)C1CCC(C)CC1.[2H]C([2H])(C)C1CCCCC1.[2H]C1(C)CC2CC(C2)C1.[2H]C1(C)CCC(C)(C(F)(F)F)CC1.[2H][C@@]1(C)CC2CCC1C2.[2H][C@@]1(C)CC2CCC1CC2. The van der Waals surface area contributed by atoms with Crippen LogP contribution in [0.2, 0.25) is 0 Å². The van der Waals surface area contributed by atoms with Crippen LogP contribution in [0.5, 0.6) is 0 Å². The summed E-state index contributed by atoms with van der Waals surface area (Å²) in [4.78, 5) is 0. The lowest BCUT2D eigenvalue weighted by Gasteiger charge is -2.45. The van der Waals surface area contributed by atoms with Gasteiger partial charge in [0, 0.05) is 24.7 Å². The second-order valence-electron chi connectivity index (χ2n) is 39.5. The first-order valence-electron chi connectivity index (χ1n) is 53.4. The Hall–Kier alpha value is -0.420. The maximum Gasteiger partial charge on any atom is 0.394 e. The van der Waals surface area contributed by atoms with Gasteiger partial charge in [0.05, 0.1) is 10.8 Å². The normalized spacial score (nSPS) is 46.8. The van der Waals surface area contributed by atoms with Crippen molar-refractivity contribution in [2.75, 3.05) is 0 Å². The lowest BCUT2D eigenvalue weighted by molar-refractivity contribution is -0.230. The zero-order valence-corrected chi connectivity index (χ0v) is 70.8. The highest BCUT2D eigenvalue weighted by Gasteiger charge is 2.53. The number of hydrogen-bond donors (Lipinski definition) is 0. The minimum atomic E-state index is -4.15. The average Bonchev–Trinajstić information content (AvgIpc) is 1.50. The molecule has 0 nitrogen and oxygen atoms in total. The first kappa shape index (κ1) is 68.0. The first-order chi connectivity index (χ1) is 55.3. The molecule has 19 fully saturated rings. The molecule has 0 radical (unpaired) electrons. The molecule has 6 heteroatoms. The van der Waals surface area contributed by atoms with E-state index in [-0.39, 0.29) is 49.3 Å². The fraction of sp³-hybridized carbons (Fsp3) is 1.00. The molecule has 0 heterocycles. The van der Waals surface area contributed by atoms with Crippen molar-refractivity contribution in [1.29, 1.82) is 0 Å². The maximum atomic E-state index is 12.7. The predicted octanol–water partition coefficient (Wildman–Crippen LogP) is 34.3. The predicted molar refractivity (Wildman–Crippen MR) is 441 cm³/mol. The quantitative estimate of drug-likeness (QED) is 0.223. The molecule has 19 aliphatic carbocycles. The van der Waals surface area contributed by atoms with E-state index < -0.39 is 73.7 Å². The van der Waals surface area contributed by atoms with E-state index >= 15 is 0 Å². The highest BCUT2D eigenvalue weighted by atomic mass is 19.4. The van der Waals surface area contributed by atoms with E-state index in [9.17, 15) is 26.3 Å². The Kier molecular flexibility index (Phi) is 30.1. The van der Waals surface area contributed by atoms with Gasteiger partial charge in [-0.1, -0.05) is 271 Å². The van der Waals surface area contributed by atoms with E-state index in [0.717, 1.165) is 142 Å². The zero-order chi connectivity index (χ0) is 92.5. The van der Waals surface area contributed by atoms with Gasteiger partial charge in [-0.2, -0.15) is 26.3 Å². The third-order valence-electron chi connectivity index (χ3n) is 30.4. The maximum absolute atomic E-state index is 12.7. The number of rotatable bonds is 7. The van der Waals surface area contributed by atoms with Gasteiger partial charge in [0.25, 0.3) is 0 Å². The minimum Gasteiger partial charge on any atom is -0.171 e. The Morgan fingerprint density at radius 3 is 0.875 bits per heavy atom. The standard InChI is InChI=1S/C10H17F3.C10H20.C9H15F3.3C9H16.2C9H18.2C8H14.C8H16/c1-3-8-4-6-9(2,7-5-8)10(11,12)13;1-4-9-5-7-10(2,3)8-6-9;1-7-3-5-8(2,6-4-7)9(10,11)12;1-7-6-8-2-4-9(7)5-3-8;1-2-7-3-8-5-9(4-7)6-8;1-2-8-5-7-3-4-9(8)6-7;2*1-3-9-6-4-8(2)5-7-9;1-6-2-7-4-8(3-6)5-7;1-6-4-7-2-3-8(6)5-7;1-2-8-6-4-3-5-7-8/h8H,3-7H2,1-2H3;9H,4-8H2,1-3H3;7H,3-6H2,1-2H3;3*7-9H,2-6H2,1H3;2*8-9H,3-7H2,1-2H3;2*6-8H,2-5H2,1H3;8H,2-7H2,1H3/t;;;7-,8?,9?;;;;;;6-,7?,8?;/m...1.....1./s1/i3D2;4D2;2*7D;2*2D2;2*3D2;2*6D;2D2. The van der Waals surface area contributed by atoms with Gasteiger partial charge in [-0.05, 0) is 328 Å². The van der Waals surface area contributed by atoms with Crippen molar-refractivity contribution in [3.05, 3.63) is 0 Å². The molecule has 104 heavy (non-hydrogen) atoms. The number of fused-ring (bicyclic) bond motifs is 11. The van der Waals surface area contributed by atoms with Crippen molar-refractivity contribution in [3.8, 4) is 0 Å². The van der Waals surface area contributed by atoms with Gasteiger partial charge in [0.1, 0.15) is 0 Å². The molecule has 7 atom stereocenters. The fourth-order valence-corrected chi connectivity index (χ4v) is 21.6. The van der Waals surface area contributed by atoms with Crippen LogP contribution in [-0.2, 0) is 0 Å². The van der Waals surface area contributed by atoms with E-state index in [1.807, 2.05) is 0 Å². The second kappa shape index (κ2) is 46.1. The van der Waals surface area contributed by atoms with Gasteiger partial charge in [0.2, 0.25) is 0 Å². The van der Waals surface area contributed by atoms with Crippen LogP contribution < -0.4 is 0 Å². The monoisotopic (exact) mass is 1490 g/mol. The lowest BCUT2D eigenvalue weighted by atomic mass is 9.61. The van der Waals surface area contributed by atoms with Gasteiger partial charge in [-0.15, -0.1) is 0 Å². The van der Waals surface area contributed by atoms with Crippen molar-refractivity contribution < 1.29 is 51.0 Å². The van der Waals surface area contributed by atoms with E-state index in [4.69, 9.17) is 24.7 Å². The smallest absolute Gasteiger partial charge is 0.171 e. The number of halogens is 6. The summed E-state index contributed by atoms with van der Waals surface area (Å²) in [5.41, 5.74) is -2.69. The van der Waals surface area contributed by atoms with E-state index in [1.165, 1.54) is 194 Å². The van der Waals surface area contributed by atoms with E-state index in [1.54, 1.807) is 48.5 Å². The molecule has 0 spiro atoms. The van der Waals surface area contributed by atoms with Crippen molar-refractivity contribution in [3.63, 3.8) is 0 Å². The zero-order valence-electron chi connectivity index (χ0n) is 88.8. The molecular weight excluding hydrogens is 1290 g/mol. The molecule has 10 bridgehead atoms. The van der Waals surface area contributed by atoms with E-state index in [0.29, 0.717) is 66.6 Å². The Morgan fingerprint density at radius 2 is 0.615 bits per heavy atom. The Bertz CT molecular complexity index is 2910. The van der Waals surface area contributed by atoms with Crippen LogP contribution in [-0.4, -0.2) is 12.4 Å². The Balaban J connectivity index is 0.000000208. The molecule has 0 aromatic rings. The second-order valence-corrected chi connectivity index (χ2v) is 39.5. The van der Waals surface area contributed by atoms with Crippen LogP contribution in [0.4, 0.5) is 26.3 Å². The summed E-state index contributed by atoms with van der Waals surface area (Å²) in [6.07, 6.45) is 33.6. The Morgan fingerprint density at radius 1 is 0.279 bits per heavy atom. The van der Waals surface area contributed by atoms with E-state index in [2.05, 4.69) is 48.5 Å². The number of hydrogen-bond acceptors (Lipinski definition) is 0. The number of alkyl halides is 6. The molecule has 0 N–H and O–H groups in total. The van der Waals surface area contributed by atoms with Crippen LogP contribution in [0.1, 0.15) is 482 Å². The highest BCUT2D eigenvalue weighted by molar-refractivity contribution is 4.93. The van der Waals surface area contributed by atoms with Crippen LogP contribution >= 0.6 is 0 Å². The molecular formula is C98H180F6. The summed E-state index contributed by atoms with van der Waals surface area (Å²) >= 11 is 0. The summed E-state index contributed by atoms with van der Waals surface area (Å²) < 4.78 is 213. The molecule has 0 saturated heterocycles. The Labute approximate surface area is 670 Å². The third kappa shape index (κ3) is 31.9. The summed E-state index contributed by atoms with van der Waals surface area (Å²) in [5.74, 6) is 11.2. The van der Waals surface area contributed by atoms with Crippen molar-refractivity contribution in [1.82, 2.24) is 0 Å². The van der Waals surface area contributed by atoms with Crippen LogP contribution in [0.25, 0.3) is 0 Å². The fourth-order valence-electron chi connectivity index (χ4n) is 21.6. The highest BCUT2D eigenvalue weighted by Crippen LogP contribution is 2.54. The van der Waals surface area contributed by atoms with Crippen molar-refractivity contribution in [2.24, 2.45) is 152 Å². The van der Waals surface area contributed by atoms with Gasteiger partial charge in [0.15, 0.2) is 0 Å². The molecule has 0 aromatic carbocycles. The molecule has 19 aliphatic rings. The van der Waals surface area contributed by atoms with Gasteiger partial charge in [-0.3, -0.25) is 0 Å². The molecule has 19 saturated carbocycles. The molecule has 614 valence electrons. The molecule has 0 aliphatic heterocycles. The van der Waals surface area contributed by atoms with Crippen LogP contribution in [0.15, 0.2) is 0 Å². The largest absolute Gasteiger partial charge is 0.394 e. The topological polar surface area (TPSA) is 0 Å². The van der Waals surface area contributed by atoms with Gasteiger partial charge < -0.3 is 0 Å². The summed E-state index contributed by atoms with van der Waals surface area (Å²) in [5, 5.41) is 0. The summed E-state index contributed by atoms with van der Waals surface area (Å²) in [6, 6.07) is 0. The van der Waals surface area contributed by atoms with Crippen molar-refractivity contribution in [2.45, 2.75) is 470 Å². The molecule has 0 amide bonds. The molecule has 19 rings (SSSR count). The minimum absolute atomic E-state index is 0.0388. The van der Waals surface area contributed by atoms with Gasteiger partial charge in [-0.25, -0.2) is 0 Å². The van der Waals surface area contributed by atoms with Crippen molar-refractivity contribution >= 4 is 0 Å². The molecule has 0 aromatic heterocycles. The lowest BCUT2D eigenvalue weighted by Crippen LogP contribution is -2.38. The van der Waals surface area contributed by atoms with Gasteiger partial charge >= 0.3 is 12.4 Å². The van der Waals surface area contributed by atoms with Crippen LogP contribution in [0, 0.1) is 152 Å². The molecule has 5 unspecified atom stereocenters. The summed E-state index contributed by atoms with van der Waals surface area (Å²) in [6.45, 7) is 31.4. The average molecular weight is 1490 g/mol. The summed E-state index contributed by atoms with van der Waals surface area (Å²) in [7, 11) is 0. The first-order valence-corrected chi connectivity index (χ1v) is 44.4.